The van der Waals surface area contributed by atoms with Crippen LogP contribution in [0.4, 0.5) is 0 Å². The van der Waals surface area contributed by atoms with Gasteiger partial charge in [-0.2, -0.15) is 0 Å². The van der Waals surface area contributed by atoms with Crippen molar-refractivity contribution in [2.45, 2.75) is 44.1 Å². The zero-order valence-corrected chi connectivity index (χ0v) is 14.8. The Balaban J connectivity index is 1.89. The molecule has 7 nitrogen and oxygen atoms in total. The van der Waals surface area contributed by atoms with Crippen molar-refractivity contribution in [2.75, 3.05) is 26.9 Å². The second-order valence-corrected chi connectivity index (χ2v) is 6.82. The van der Waals surface area contributed by atoms with Crippen LogP contribution in [0.5, 0.6) is 5.75 Å². The quantitative estimate of drug-likeness (QED) is 0.526. The topological polar surface area (TPSA) is 107 Å². The van der Waals surface area contributed by atoms with Crippen molar-refractivity contribution < 1.29 is 14.6 Å². The summed E-state index contributed by atoms with van der Waals surface area (Å²) in [7, 11) is 1.64. The normalized spacial score (nSPS) is 20.0. The van der Waals surface area contributed by atoms with Gasteiger partial charge in [0.05, 0.1) is 54.6 Å². The van der Waals surface area contributed by atoms with E-state index in [0.29, 0.717) is 30.3 Å². The highest BCUT2D eigenvalue weighted by Crippen LogP contribution is 2.33. The third-order valence-corrected chi connectivity index (χ3v) is 4.92. The van der Waals surface area contributed by atoms with Crippen molar-refractivity contribution in [3.63, 3.8) is 0 Å². The third-order valence-electron chi connectivity index (χ3n) is 4.92. The number of aliphatic hydroxyl groups is 1. The van der Waals surface area contributed by atoms with Crippen LogP contribution in [0.25, 0.3) is 5.70 Å². The molecule has 0 aromatic carbocycles. The van der Waals surface area contributed by atoms with Crippen molar-refractivity contribution >= 4 is 5.70 Å². The Morgan fingerprint density at radius 3 is 2.60 bits per heavy atom. The average Bonchev–Trinajstić information content (AvgIpc) is 2.56. The first kappa shape index (κ1) is 18.0. The Hall–Kier alpha value is -1.83. The number of nitrogens with two attached hydrogens (primary N) is 2. The second kappa shape index (κ2) is 8.03. The molecule has 25 heavy (non-hydrogen) atoms. The fraction of sp³-hybridized carbons (Fsp3) is 0.611. The number of likely N-dealkylation sites (N-methyl/N-ethyl adjacent to an activating group) is 1. The highest BCUT2D eigenvalue weighted by Gasteiger charge is 2.28. The molecule has 1 aliphatic carbocycles. The van der Waals surface area contributed by atoms with Crippen LogP contribution < -0.4 is 16.3 Å². The van der Waals surface area contributed by atoms with Gasteiger partial charge in [0.25, 0.3) is 0 Å². The van der Waals surface area contributed by atoms with Gasteiger partial charge in [-0.25, -0.2) is 10.8 Å². The Kier molecular flexibility index (Phi) is 5.78. The van der Waals surface area contributed by atoms with Gasteiger partial charge in [-0.05, 0) is 37.8 Å². The monoisotopic (exact) mass is 348 g/mol. The SMILES string of the molecule is CN(N)/C(CO)=C(\N)c1ccc(OC2CCCCC2)c(C2COC2)n1. The van der Waals surface area contributed by atoms with Gasteiger partial charge in [0.2, 0.25) is 0 Å². The second-order valence-electron chi connectivity index (χ2n) is 6.82. The standard InChI is InChI=1S/C18H28N4O3/c1-22(20)15(9-23)17(19)14-7-8-16(18(21-14)12-10-24-11-12)25-13-5-3-2-4-6-13/h7-8,12-13,23H,2-6,9-11,19-20H2,1H3/b17-15-. The summed E-state index contributed by atoms with van der Waals surface area (Å²) >= 11 is 0. The van der Waals surface area contributed by atoms with E-state index in [1.165, 1.54) is 24.3 Å². The zero-order valence-electron chi connectivity index (χ0n) is 14.8. The lowest BCUT2D eigenvalue weighted by Gasteiger charge is -2.30. The van der Waals surface area contributed by atoms with Gasteiger partial charge in [0, 0.05) is 7.05 Å². The van der Waals surface area contributed by atoms with Crippen LogP contribution in [0.3, 0.4) is 0 Å². The van der Waals surface area contributed by atoms with Crippen LogP contribution in [0, 0.1) is 0 Å². The van der Waals surface area contributed by atoms with Crippen molar-refractivity contribution in [1.29, 1.82) is 0 Å². The number of ether oxygens (including phenoxy) is 2. The van der Waals surface area contributed by atoms with E-state index < -0.39 is 0 Å². The maximum absolute atomic E-state index is 9.50. The summed E-state index contributed by atoms with van der Waals surface area (Å²) in [5.74, 6) is 6.78. The predicted molar refractivity (Wildman–Crippen MR) is 95.4 cm³/mol. The van der Waals surface area contributed by atoms with Crippen LogP contribution in [-0.2, 0) is 4.74 Å². The van der Waals surface area contributed by atoms with Gasteiger partial charge in [0.15, 0.2) is 0 Å². The molecule has 0 atom stereocenters. The Morgan fingerprint density at radius 2 is 2.04 bits per heavy atom. The van der Waals surface area contributed by atoms with E-state index in [2.05, 4.69) is 0 Å². The fourth-order valence-corrected chi connectivity index (χ4v) is 3.29. The average molecular weight is 348 g/mol. The molecule has 2 fully saturated rings. The summed E-state index contributed by atoms with van der Waals surface area (Å²) in [5.41, 5.74) is 8.46. The molecule has 2 heterocycles. The van der Waals surface area contributed by atoms with E-state index in [1.54, 1.807) is 7.05 Å². The van der Waals surface area contributed by atoms with Crippen molar-refractivity contribution in [1.82, 2.24) is 9.99 Å². The molecule has 0 bridgehead atoms. The largest absolute Gasteiger partial charge is 0.489 e. The molecule has 3 rings (SSSR count). The number of rotatable bonds is 6. The van der Waals surface area contributed by atoms with Gasteiger partial charge in [0.1, 0.15) is 5.75 Å². The number of aromatic nitrogens is 1. The Bertz CT molecular complexity index is 623. The van der Waals surface area contributed by atoms with Crippen molar-refractivity contribution in [3.8, 4) is 5.75 Å². The Morgan fingerprint density at radius 1 is 1.32 bits per heavy atom. The van der Waals surface area contributed by atoms with E-state index in [1.807, 2.05) is 12.1 Å². The third kappa shape index (κ3) is 4.05. The van der Waals surface area contributed by atoms with E-state index in [4.69, 9.17) is 26.0 Å². The van der Waals surface area contributed by atoms with Crippen LogP contribution >= 0.6 is 0 Å². The predicted octanol–water partition coefficient (Wildman–Crippen LogP) is 1.33. The van der Waals surface area contributed by atoms with Gasteiger partial charge < -0.3 is 25.3 Å². The number of hydrazine groups is 1. The molecule has 0 unspecified atom stereocenters. The minimum Gasteiger partial charge on any atom is -0.489 e. The first-order valence-electron chi connectivity index (χ1n) is 8.93. The van der Waals surface area contributed by atoms with Gasteiger partial charge in [-0.3, -0.25) is 0 Å². The lowest BCUT2D eigenvalue weighted by molar-refractivity contribution is 0.00461. The summed E-state index contributed by atoms with van der Waals surface area (Å²) in [6, 6.07) is 3.76. The summed E-state index contributed by atoms with van der Waals surface area (Å²) in [5, 5.41) is 10.8. The molecule has 1 aromatic heterocycles. The zero-order chi connectivity index (χ0) is 17.8. The van der Waals surface area contributed by atoms with Gasteiger partial charge >= 0.3 is 0 Å². The van der Waals surface area contributed by atoms with Crippen LogP contribution in [-0.4, -0.2) is 48.1 Å². The highest BCUT2D eigenvalue weighted by atomic mass is 16.5. The van der Waals surface area contributed by atoms with Gasteiger partial charge in [-0.15, -0.1) is 0 Å². The maximum Gasteiger partial charge on any atom is 0.141 e. The molecule has 1 aliphatic heterocycles. The number of aliphatic hydroxyl groups excluding tert-OH is 1. The van der Waals surface area contributed by atoms with E-state index in [-0.39, 0.29) is 18.6 Å². The maximum atomic E-state index is 9.50. The van der Waals surface area contributed by atoms with E-state index >= 15 is 0 Å². The summed E-state index contributed by atoms with van der Waals surface area (Å²) in [6.07, 6.45) is 6.18. The number of hydrogen-bond donors (Lipinski definition) is 3. The molecule has 1 aromatic rings. The van der Waals surface area contributed by atoms with Gasteiger partial charge in [-0.1, -0.05) is 6.42 Å². The summed E-state index contributed by atoms with van der Waals surface area (Å²) in [4.78, 5) is 4.73. The van der Waals surface area contributed by atoms with Crippen molar-refractivity contribution in [3.05, 3.63) is 29.2 Å². The molecule has 5 N–H and O–H groups in total. The van der Waals surface area contributed by atoms with E-state index in [9.17, 15) is 5.11 Å². The van der Waals surface area contributed by atoms with E-state index in [0.717, 1.165) is 24.3 Å². The van der Waals surface area contributed by atoms with Crippen LogP contribution in [0.2, 0.25) is 0 Å². The van der Waals surface area contributed by atoms with Crippen LogP contribution in [0.15, 0.2) is 17.8 Å². The number of nitrogens with zero attached hydrogens (tertiary/aromatic N) is 2. The molecule has 1 saturated carbocycles. The molecule has 0 amide bonds. The molecular weight excluding hydrogens is 320 g/mol. The smallest absolute Gasteiger partial charge is 0.141 e. The van der Waals surface area contributed by atoms with Crippen molar-refractivity contribution in [2.24, 2.45) is 11.6 Å². The first-order chi connectivity index (χ1) is 12.1. The molecule has 7 heteroatoms. The molecular formula is C18H28N4O3. The fourth-order valence-electron chi connectivity index (χ4n) is 3.29. The number of hydrogen-bond acceptors (Lipinski definition) is 7. The molecule has 1 saturated heterocycles. The first-order valence-corrected chi connectivity index (χ1v) is 8.93. The minimum absolute atomic E-state index is 0.222. The highest BCUT2D eigenvalue weighted by molar-refractivity contribution is 5.63. The van der Waals surface area contributed by atoms with Crippen LogP contribution in [0.1, 0.15) is 49.4 Å². The summed E-state index contributed by atoms with van der Waals surface area (Å²) < 4.78 is 11.6. The molecule has 0 radical (unpaired) electrons. The number of pyridine rings is 1. The molecule has 138 valence electrons. The molecule has 2 aliphatic rings. The minimum atomic E-state index is -0.247. The summed E-state index contributed by atoms with van der Waals surface area (Å²) in [6.45, 7) is 1.04. The Labute approximate surface area is 148 Å². The lowest BCUT2D eigenvalue weighted by atomic mass is 9.97. The lowest BCUT2D eigenvalue weighted by Crippen LogP contribution is -2.30. The molecule has 0 spiro atoms.